The second-order valence-electron chi connectivity index (χ2n) is 12.1. The van der Waals surface area contributed by atoms with Gasteiger partial charge >= 0.3 is 6.01 Å². The van der Waals surface area contributed by atoms with Crippen LogP contribution in [0.4, 0.5) is 19.0 Å². The zero-order valence-electron chi connectivity index (χ0n) is 24.5. The number of aromatic nitrogens is 3. The van der Waals surface area contributed by atoms with Gasteiger partial charge in [-0.25, -0.2) is 18.2 Å². The third-order valence-corrected chi connectivity index (χ3v) is 9.26. The number of halogens is 3. The normalized spacial score (nSPS) is 23.8. The molecule has 11 heteroatoms. The van der Waals surface area contributed by atoms with E-state index < -0.39 is 29.4 Å². The molecule has 5 heterocycles. The minimum atomic E-state index is -0.938. The number of benzene rings is 2. The van der Waals surface area contributed by atoms with E-state index in [1.54, 1.807) is 24.3 Å². The minimum Gasteiger partial charge on any atom is -0.475 e. The molecule has 3 aliphatic rings. The molecule has 44 heavy (non-hydrogen) atoms. The van der Waals surface area contributed by atoms with Crippen LogP contribution < -0.4 is 14.4 Å². The number of alkyl halides is 1. The highest BCUT2D eigenvalue weighted by Crippen LogP contribution is 2.44. The van der Waals surface area contributed by atoms with E-state index in [-0.39, 0.29) is 65.5 Å². The van der Waals surface area contributed by atoms with Gasteiger partial charge in [0.25, 0.3) is 0 Å². The fourth-order valence-electron chi connectivity index (χ4n) is 7.20. The third-order valence-electron chi connectivity index (χ3n) is 9.26. The molecule has 7 rings (SSSR count). The standard InChI is InChI=1S/C33H32F3N5O3/c1-4-22-24(35)10-9-20-7-5-8-23(25(20)22)28-27(36)29-26-30(41(18(2)15-42)19(3)16-43-31(26)37-28)39-32(38-29)44-17-33-11-6-12-40(33)14-21(34)13-33/h1,5,7-10,18-19,21,42H,6,11-17H2,2-3H3/t18-,19-,21+,33-/m0/s1. The minimum absolute atomic E-state index is 0.00162. The molecule has 1 N–H and O–H groups in total. The lowest BCUT2D eigenvalue weighted by Crippen LogP contribution is -2.45. The summed E-state index contributed by atoms with van der Waals surface area (Å²) in [4.78, 5) is 17.8. The first kappa shape index (κ1) is 28.6. The Balaban J connectivity index is 1.44. The van der Waals surface area contributed by atoms with Crippen molar-refractivity contribution in [3.05, 3.63) is 47.5 Å². The number of anilines is 1. The van der Waals surface area contributed by atoms with Crippen molar-refractivity contribution in [2.24, 2.45) is 0 Å². The van der Waals surface area contributed by atoms with E-state index in [9.17, 15) is 13.9 Å². The van der Waals surface area contributed by atoms with Crippen LogP contribution in [0.3, 0.4) is 0 Å². The first-order chi connectivity index (χ1) is 21.2. The summed E-state index contributed by atoms with van der Waals surface area (Å²) < 4.78 is 58.4. The number of aliphatic hydroxyl groups excluding tert-OH is 1. The van der Waals surface area contributed by atoms with Gasteiger partial charge in [0.2, 0.25) is 5.88 Å². The fourth-order valence-corrected chi connectivity index (χ4v) is 7.20. The van der Waals surface area contributed by atoms with Crippen LogP contribution in [-0.4, -0.2) is 81.7 Å². The molecule has 2 saturated heterocycles. The van der Waals surface area contributed by atoms with Crippen LogP contribution in [0.15, 0.2) is 30.3 Å². The highest BCUT2D eigenvalue weighted by atomic mass is 19.1. The van der Waals surface area contributed by atoms with Gasteiger partial charge in [-0.2, -0.15) is 9.97 Å². The average molecular weight is 604 g/mol. The van der Waals surface area contributed by atoms with Crippen molar-refractivity contribution in [3.63, 3.8) is 0 Å². The summed E-state index contributed by atoms with van der Waals surface area (Å²) in [5.41, 5.74) is -0.385. The number of hydrogen-bond acceptors (Lipinski definition) is 8. The average Bonchev–Trinajstić information content (AvgIpc) is 3.50. The summed E-state index contributed by atoms with van der Waals surface area (Å²) in [6.07, 6.45) is 6.84. The summed E-state index contributed by atoms with van der Waals surface area (Å²) >= 11 is 0. The Kier molecular flexibility index (Phi) is 7.02. The second kappa shape index (κ2) is 10.8. The van der Waals surface area contributed by atoms with Gasteiger partial charge in [-0.1, -0.05) is 30.2 Å². The first-order valence-corrected chi connectivity index (χ1v) is 14.9. The van der Waals surface area contributed by atoms with Crippen molar-refractivity contribution in [2.45, 2.75) is 56.9 Å². The van der Waals surface area contributed by atoms with Crippen LogP contribution >= 0.6 is 0 Å². The summed E-state index contributed by atoms with van der Waals surface area (Å²) in [6.45, 7) is 5.02. The maximum atomic E-state index is 16.8. The van der Waals surface area contributed by atoms with Crippen LogP contribution in [0.1, 0.15) is 38.7 Å². The Hall–Kier alpha value is -4.14. The van der Waals surface area contributed by atoms with Crippen molar-refractivity contribution in [3.8, 4) is 35.5 Å². The lowest BCUT2D eigenvalue weighted by atomic mass is 9.95. The maximum Gasteiger partial charge on any atom is 0.319 e. The molecule has 0 amide bonds. The molecular formula is C33H32F3N5O3. The number of fused-ring (bicyclic) bond motifs is 2. The Morgan fingerprint density at radius 1 is 1.20 bits per heavy atom. The first-order valence-electron chi connectivity index (χ1n) is 14.9. The van der Waals surface area contributed by atoms with E-state index in [2.05, 4.69) is 20.8 Å². The predicted octanol–water partition coefficient (Wildman–Crippen LogP) is 5.03. The van der Waals surface area contributed by atoms with Crippen LogP contribution in [-0.2, 0) is 0 Å². The number of rotatable bonds is 6. The van der Waals surface area contributed by atoms with Crippen molar-refractivity contribution >= 4 is 27.5 Å². The lowest BCUT2D eigenvalue weighted by Gasteiger charge is -2.34. The van der Waals surface area contributed by atoms with E-state index >= 15 is 4.39 Å². The quantitative estimate of drug-likeness (QED) is 0.308. The number of nitrogens with zero attached hydrogens (tertiary/aromatic N) is 5. The van der Waals surface area contributed by atoms with Gasteiger partial charge < -0.3 is 19.5 Å². The molecule has 228 valence electrons. The second-order valence-corrected chi connectivity index (χ2v) is 12.1. The van der Waals surface area contributed by atoms with Gasteiger partial charge in [0.1, 0.15) is 47.6 Å². The zero-order valence-corrected chi connectivity index (χ0v) is 24.5. The van der Waals surface area contributed by atoms with Crippen LogP contribution in [0.2, 0.25) is 0 Å². The van der Waals surface area contributed by atoms with Crippen LogP contribution in [0.5, 0.6) is 11.9 Å². The van der Waals surface area contributed by atoms with E-state index in [0.717, 1.165) is 19.4 Å². The summed E-state index contributed by atoms with van der Waals surface area (Å²) in [5, 5.41) is 11.3. The molecule has 0 unspecified atom stereocenters. The number of hydrogen-bond donors (Lipinski definition) is 1. The van der Waals surface area contributed by atoms with E-state index in [1.807, 2.05) is 18.7 Å². The molecule has 0 saturated carbocycles. The lowest BCUT2D eigenvalue weighted by molar-refractivity contribution is 0.107. The highest BCUT2D eigenvalue weighted by molar-refractivity contribution is 6.03. The number of aliphatic hydroxyl groups is 1. The van der Waals surface area contributed by atoms with Crippen molar-refractivity contribution in [1.82, 2.24) is 19.9 Å². The van der Waals surface area contributed by atoms with Gasteiger partial charge in [-0.15, -0.1) is 6.42 Å². The topological polar surface area (TPSA) is 83.8 Å². The van der Waals surface area contributed by atoms with E-state index in [0.29, 0.717) is 29.6 Å². The molecule has 2 fully saturated rings. The Morgan fingerprint density at radius 3 is 2.84 bits per heavy atom. The van der Waals surface area contributed by atoms with E-state index in [4.69, 9.17) is 20.9 Å². The molecular weight excluding hydrogens is 571 g/mol. The molecule has 8 nitrogen and oxygen atoms in total. The third kappa shape index (κ3) is 4.42. The monoisotopic (exact) mass is 603 g/mol. The maximum absolute atomic E-state index is 16.8. The smallest absolute Gasteiger partial charge is 0.319 e. The molecule has 0 radical (unpaired) electrons. The molecule has 0 spiro atoms. The SMILES string of the molecule is C#Cc1c(F)ccc2cccc(-c3nc4c5c(nc(OC[C@@]67CCCN6C[C@H](F)C7)nc5c3F)N([C@@H](C)CO)[C@@H](C)CO4)c12. The van der Waals surface area contributed by atoms with Gasteiger partial charge in [0.15, 0.2) is 5.82 Å². The summed E-state index contributed by atoms with van der Waals surface area (Å²) in [5.74, 6) is 1.44. The van der Waals surface area contributed by atoms with Gasteiger partial charge in [-0.3, -0.25) is 4.90 Å². The molecule has 2 aromatic heterocycles. The molecule has 3 aliphatic heterocycles. The molecule has 4 atom stereocenters. The van der Waals surface area contributed by atoms with Crippen molar-refractivity contribution < 1.29 is 27.8 Å². The largest absolute Gasteiger partial charge is 0.475 e. The Bertz CT molecular complexity index is 1830. The predicted molar refractivity (Wildman–Crippen MR) is 161 cm³/mol. The van der Waals surface area contributed by atoms with Gasteiger partial charge in [0.05, 0.1) is 29.8 Å². The Labute approximate surface area is 252 Å². The molecule has 0 bridgehead atoms. The van der Waals surface area contributed by atoms with Crippen molar-refractivity contribution in [2.75, 3.05) is 37.8 Å². The molecule has 4 aromatic rings. The Morgan fingerprint density at radius 2 is 2.05 bits per heavy atom. The molecule has 2 aromatic carbocycles. The molecule has 0 aliphatic carbocycles. The summed E-state index contributed by atoms with van der Waals surface area (Å²) in [7, 11) is 0. The number of terminal acetylenes is 1. The van der Waals surface area contributed by atoms with Gasteiger partial charge in [0, 0.05) is 23.9 Å². The highest BCUT2D eigenvalue weighted by Gasteiger charge is 2.49. The van der Waals surface area contributed by atoms with Crippen LogP contribution in [0.25, 0.3) is 32.9 Å². The van der Waals surface area contributed by atoms with Gasteiger partial charge in [-0.05, 0) is 44.7 Å². The number of pyridine rings is 1. The zero-order chi connectivity index (χ0) is 30.7. The van der Waals surface area contributed by atoms with Crippen molar-refractivity contribution in [1.29, 1.82) is 0 Å². The van der Waals surface area contributed by atoms with E-state index in [1.165, 1.54) is 6.07 Å². The fraction of sp³-hybridized carbons (Fsp3) is 0.424. The van der Waals surface area contributed by atoms with Crippen LogP contribution in [0, 0.1) is 24.0 Å². The number of ether oxygens (including phenoxy) is 2. The summed E-state index contributed by atoms with van der Waals surface area (Å²) in [6, 6.07) is 7.22.